The number of aromatic nitrogens is 1. The van der Waals surface area contributed by atoms with Crippen molar-refractivity contribution >= 4 is 16.9 Å². The quantitative estimate of drug-likeness (QED) is 0.532. The first-order chi connectivity index (χ1) is 8.15. The van der Waals surface area contributed by atoms with Gasteiger partial charge in [0.05, 0.1) is 19.2 Å². The Morgan fingerprint density at radius 2 is 2.22 bits per heavy atom. The van der Waals surface area contributed by atoms with Crippen molar-refractivity contribution in [2.75, 3.05) is 13.6 Å². The summed E-state index contributed by atoms with van der Waals surface area (Å²) in [6, 6.07) is 5.31. The number of aromatic carboxylic acids is 1. The van der Waals surface area contributed by atoms with Crippen LogP contribution in [0.2, 0.25) is 0 Å². The molecule has 0 aliphatic carbocycles. The van der Waals surface area contributed by atoms with Crippen molar-refractivity contribution in [3.8, 4) is 0 Å². The molecule has 1 atom stereocenters. The van der Waals surface area contributed by atoms with Gasteiger partial charge in [0.1, 0.15) is 6.54 Å². The molecule has 1 unspecified atom stereocenters. The highest BCUT2D eigenvalue weighted by Gasteiger charge is 2.21. The van der Waals surface area contributed by atoms with E-state index in [2.05, 4.69) is 12.0 Å². The number of quaternary nitrogens is 1. The minimum atomic E-state index is -0.863. The summed E-state index contributed by atoms with van der Waals surface area (Å²) in [5, 5.41) is 10.1. The van der Waals surface area contributed by atoms with Crippen molar-refractivity contribution in [2.24, 2.45) is 0 Å². The molecule has 2 aromatic rings. The van der Waals surface area contributed by atoms with E-state index in [0.29, 0.717) is 5.56 Å². The summed E-state index contributed by atoms with van der Waals surface area (Å²) in [4.78, 5) is 15.9. The molecule has 0 amide bonds. The van der Waals surface area contributed by atoms with Crippen LogP contribution in [0.4, 0.5) is 0 Å². The lowest BCUT2D eigenvalue weighted by Gasteiger charge is -2.19. The van der Waals surface area contributed by atoms with Crippen LogP contribution in [0.3, 0.4) is 0 Å². The van der Waals surface area contributed by atoms with Crippen molar-refractivity contribution in [1.29, 1.82) is 0 Å². The summed E-state index contributed by atoms with van der Waals surface area (Å²) in [5.74, 6) is -0.863. The zero-order valence-electron chi connectivity index (χ0n) is 10.1. The molecule has 1 aromatic carbocycles. The molecule has 1 aliphatic rings. The standard InChI is InChI=1S/C13H14N2O2.ClH/c1-15-5-4-12-10(7-15)9-6-8(13(16)17)2-3-11(9)14-12;/h2-3,6,14H,4-5,7H2,1H3,(H,16,17);1H. The smallest absolute Gasteiger partial charge is 0.335 e. The molecule has 0 saturated heterocycles. The highest BCUT2D eigenvalue weighted by molar-refractivity contribution is 5.95. The molecule has 18 heavy (non-hydrogen) atoms. The van der Waals surface area contributed by atoms with E-state index in [4.69, 9.17) is 5.11 Å². The van der Waals surface area contributed by atoms with Gasteiger partial charge < -0.3 is 27.4 Å². The zero-order chi connectivity index (χ0) is 12.0. The Bertz CT molecular complexity index is 606. The molecular formula is C13H15ClN2O2. The van der Waals surface area contributed by atoms with E-state index in [1.807, 2.05) is 6.07 Å². The highest BCUT2D eigenvalue weighted by Crippen LogP contribution is 2.24. The number of carbonyl (C=O) groups is 1. The number of hydrogen-bond donors (Lipinski definition) is 3. The topological polar surface area (TPSA) is 57.5 Å². The third-order valence-corrected chi connectivity index (χ3v) is 3.52. The number of aromatic amines is 1. The second kappa shape index (κ2) is 4.63. The van der Waals surface area contributed by atoms with Crippen molar-refractivity contribution < 1.29 is 27.2 Å². The van der Waals surface area contributed by atoms with Crippen molar-refractivity contribution in [2.45, 2.75) is 13.0 Å². The van der Waals surface area contributed by atoms with Crippen LogP contribution < -0.4 is 17.3 Å². The summed E-state index contributed by atoms with van der Waals surface area (Å²) in [7, 11) is 2.17. The number of benzene rings is 1. The van der Waals surface area contributed by atoms with Gasteiger partial charge in [-0.05, 0) is 18.2 Å². The van der Waals surface area contributed by atoms with Gasteiger partial charge in [-0.2, -0.15) is 0 Å². The Labute approximate surface area is 111 Å². The monoisotopic (exact) mass is 266 g/mol. The Kier molecular flexibility index (Phi) is 3.32. The molecule has 0 fully saturated rings. The van der Waals surface area contributed by atoms with Gasteiger partial charge in [-0.1, -0.05) is 0 Å². The molecule has 96 valence electrons. The number of rotatable bonds is 1. The Balaban J connectivity index is 0.00000120. The number of hydrogen-bond acceptors (Lipinski definition) is 1. The van der Waals surface area contributed by atoms with Crippen LogP contribution in [0.15, 0.2) is 18.2 Å². The minimum Gasteiger partial charge on any atom is -1.00 e. The van der Waals surface area contributed by atoms with E-state index in [-0.39, 0.29) is 12.4 Å². The molecule has 0 saturated carbocycles. The molecule has 0 bridgehead atoms. The summed E-state index contributed by atoms with van der Waals surface area (Å²) in [5.41, 5.74) is 3.97. The predicted molar refractivity (Wildman–Crippen MR) is 64.4 cm³/mol. The maximum absolute atomic E-state index is 11.0. The first-order valence-corrected chi connectivity index (χ1v) is 5.83. The van der Waals surface area contributed by atoms with Gasteiger partial charge in [-0.3, -0.25) is 0 Å². The number of carboxylic acid groups (broad SMARTS) is 1. The van der Waals surface area contributed by atoms with E-state index in [1.54, 1.807) is 12.1 Å². The molecular weight excluding hydrogens is 252 g/mol. The van der Waals surface area contributed by atoms with Gasteiger partial charge in [0.25, 0.3) is 0 Å². The largest absolute Gasteiger partial charge is 1.00 e. The minimum absolute atomic E-state index is 0. The summed E-state index contributed by atoms with van der Waals surface area (Å²) < 4.78 is 0. The number of fused-ring (bicyclic) bond motifs is 3. The van der Waals surface area contributed by atoms with Crippen molar-refractivity contribution in [1.82, 2.24) is 4.98 Å². The summed E-state index contributed by atoms with van der Waals surface area (Å²) >= 11 is 0. The molecule has 3 rings (SSSR count). The molecule has 0 spiro atoms. The van der Waals surface area contributed by atoms with Gasteiger partial charge in [0, 0.05) is 28.6 Å². The lowest BCUT2D eigenvalue weighted by Crippen LogP contribution is -3.08. The molecule has 1 aromatic heterocycles. The molecule has 4 nitrogen and oxygen atoms in total. The molecule has 1 aliphatic heterocycles. The highest BCUT2D eigenvalue weighted by atomic mass is 35.5. The van der Waals surface area contributed by atoms with Crippen LogP contribution in [0.1, 0.15) is 21.6 Å². The second-order valence-electron chi connectivity index (χ2n) is 4.78. The van der Waals surface area contributed by atoms with Gasteiger partial charge in [0.2, 0.25) is 0 Å². The van der Waals surface area contributed by atoms with Gasteiger partial charge in [-0.25, -0.2) is 4.79 Å². The number of halogens is 1. The van der Waals surface area contributed by atoms with Gasteiger partial charge >= 0.3 is 5.97 Å². The van der Waals surface area contributed by atoms with E-state index in [0.717, 1.165) is 30.4 Å². The lowest BCUT2D eigenvalue weighted by molar-refractivity contribution is -0.895. The number of carboxylic acids is 1. The van der Waals surface area contributed by atoms with Crippen LogP contribution in [-0.2, 0) is 13.0 Å². The summed E-state index contributed by atoms with van der Waals surface area (Å²) in [6.45, 7) is 2.10. The predicted octanol–water partition coefficient (Wildman–Crippen LogP) is -2.56. The van der Waals surface area contributed by atoms with Crippen LogP contribution in [0.25, 0.3) is 10.9 Å². The molecule has 3 N–H and O–H groups in total. The van der Waals surface area contributed by atoms with Gasteiger partial charge in [-0.15, -0.1) is 0 Å². The first kappa shape index (κ1) is 12.9. The second-order valence-corrected chi connectivity index (χ2v) is 4.78. The van der Waals surface area contributed by atoms with E-state index in [1.165, 1.54) is 16.2 Å². The van der Waals surface area contributed by atoms with Crippen LogP contribution in [0.5, 0.6) is 0 Å². The average molecular weight is 267 g/mol. The Morgan fingerprint density at radius 1 is 1.44 bits per heavy atom. The lowest BCUT2D eigenvalue weighted by atomic mass is 10.0. The van der Waals surface area contributed by atoms with E-state index < -0.39 is 5.97 Å². The van der Waals surface area contributed by atoms with Gasteiger partial charge in [0.15, 0.2) is 0 Å². The number of likely N-dealkylation sites (N-methyl/N-ethyl adjacent to an activating group) is 1. The number of nitrogens with one attached hydrogen (secondary N) is 2. The van der Waals surface area contributed by atoms with Crippen molar-refractivity contribution in [3.05, 3.63) is 35.0 Å². The summed E-state index contributed by atoms with van der Waals surface area (Å²) in [6.07, 6.45) is 1.04. The fourth-order valence-electron chi connectivity index (χ4n) is 2.58. The Morgan fingerprint density at radius 3 is 2.94 bits per heavy atom. The van der Waals surface area contributed by atoms with Crippen LogP contribution in [0, 0.1) is 0 Å². The van der Waals surface area contributed by atoms with E-state index >= 15 is 0 Å². The molecule has 0 radical (unpaired) electrons. The number of H-pyrrole nitrogens is 1. The SMILES string of the molecule is C[NH+]1CCc2[nH]c3ccc(C(=O)O)cc3c2C1.[Cl-]. The maximum Gasteiger partial charge on any atom is 0.335 e. The third-order valence-electron chi connectivity index (χ3n) is 3.52. The fraction of sp³-hybridized carbons (Fsp3) is 0.308. The van der Waals surface area contributed by atoms with Crippen molar-refractivity contribution in [3.63, 3.8) is 0 Å². The average Bonchev–Trinajstić information content (AvgIpc) is 2.66. The van der Waals surface area contributed by atoms with E-state index in [9.17, 15) is 4.79 Å². The molecule has 2 heterocycles. The Hall–Kier alpha value is -1.52. The first-order valence-electron chi connectivity index (χ1n) is 5.83. The van der Waals surface area contributed by atoms with Crippen LogP contribution >= 0.6 is 0 Å². The third kappa shape index (κ3) is 1.98. The molecule has 5 heteroatoms. The normalized spacial score (nSPS) is 18.2. The van der Waals surface area contributed by atoms with Crippen LogP contribution in [-0.4, -0.2) is 29.7 Å². The fourth-order valence-corrected chi connectivity index (χ4v) is 2.58. The maximum atomic E-state index is 11.0. The zero-order valence-corrected chi connectivity index (χ0v) is 10.8.